The van der Waals surface area contributed by atoms with Crippen molar-refractivity contribution in [3.63, 3.8) is 0 Å². The zero-order valence-electron chi connectivity index (χ0n) is 13.3. The number of hydrogen-bond donors (Lipinski definition) is 2. The van der Waals surface area contributed by atoms with Gasteiger partial charge in [-0.2, -0.15) is 0 Å². The molecule has 0 aromatic carbocycles. The maximum atomic E-state index is 11.7. The Morgan fingerprint density at radius 1 is 1.14 bits per heavy atom. The number of amides is 1. The highest BCUT2D eigenvalue weighted by Crippen LogP contribution is 2.33. The van der Waals surface area contributed by atoms with Crippen molar-refractivity contribution in [2.24, 2.45) is 11.5 Å². The van der Waals surface area contributed by atoms with Crippen molar-refractivity contribution < 1.29 is 4.79 Å². The van der Waals surface area contributed by atoms with Crippen molar-refractivity contribution in [1.29, 1.82) is 0 Å². The van der Waals surface area contributed by atoms with Crippen molar-refractivity contribution in [1.82, 2.24) is 9.80 Å². The average Bonchev–Trinajstić information content (AvgIpc) is 2.46. The quantitative estimate of drug-likeness (QED) is 0.785. The second-order valence-electron chi connectivity index (χ2n) is 7.46. The Kier molecular flexibility index (Phi) is 4.26. The molecule has 2 aliphatic heterocycles. The molecule has 3 rings (SSSR count). The van der Waals surface area contributed by atoms with Crippen LogP contribution in [0, 0.1) is 0 Å². The summed E-state index contributed by atoms with van der Waals surface area (Å²) < 4.78 is 0. The van der Waals surface area contributed by atoms with Crippen LogP contribution in [0.5, 0.6) is 0 Å². The molecule has 1 aliphatic carbocycles. The molecule has 5 nitrogen and oxygen atoms in total. The molecule has 1 amide bonds. The molecule has 4 N–H and O–H groups in total. The number of nitrogens with two attached hydrogens (primary N) is 2. The van der Waals surface area contributed by atoms with E-state index in [1.54, 1.807) is 0 Å². The van der Waals surface area contributed by atoms with E-state index in [-0.39, 0.29) is 5.91 Å². The van der Waals surface area contributed by atoms with Gasteiger partial charge in [-0.1, -0.05) is 6.42 Å². The van der Waals surface area contributed by atoms with E-state index in [4.69, 9.17) is 11.5 Å². The van der Waals surface area contributed by atoms with Gasteiger partial charge in [-0.15, -0.1) is 0 Å². The van der Waals surface area contributed by atoms with Gasteiger partial charge in [0.05, 0.1) is 5.54 Å². The first kappa shape index (κ1) is 15.3. The Bertz CT molecular complexity index is 402. The first-order valence-electron chi connectivity index (χ1n) is 8.58. The molecule has 1 saturated carbocycles. The summed E-state index contributed by atoms with van der Waals surface area (Å²) in [5, 5.41) is 0. The van der Waals surface area contributed by atoms with E-state index in [9.17, 15) is 4.79 Å². The summed E-state index contributed by atoms with van der Waals surface area (Å²) in [5.41, 5.74) is 11.0. The fraction of sp³-hybridized carbons (Fsp3) is 0.938. The third kappa shape index (κ3) is 2.96. The maximum Gasteiger partial charge on any atom is 0.237 e. The normalized spacial score (nSPS) is 42.5. The van der Waals surface area contributed by atoms with Gasteiger partial charge in [-0.3, -0.25) is 14.6 Å². The standard InChI is InChI=1S/C16H30N4O/c1-12-10-19-8-3-2-5-14(19)11-20(12)13-6-4-7-16(18,9-13)15(17)21/h12-14H,2-11,18H2,1H3,(H2,17,21). The third-order valence-corrected chi connectivity index (χ3v) is 5.96. The third-order valence-electron chi connectivity index (χ3n) is 5.96. The Labute approximate surface area is 128 Å². The zero-order chi connectivity index (χ0) is 15.0. The van der Waals surface area contributed by atoms with Crippen LogP contribution in [-0.2, 0) is 4.79 Å². The molecule has 3 aliphatic rings. The van der Waals surface area contributed by atoms with Crippen molar-refractivity contribution in [2.75, 3.05) is 19.6 Å². The van der Waals surface area contributed by atoms with E-state index in [1.165, 1.54) is 25.8 Å². The number of hydrogen-bond acceptors (Lipinski definition) is 4. The fourth-order valence-corrected chi connectivity index (χ4v) is 4.67. The molecular weight excluding hydrogens is 264 g/mol. The minimum Gasteiger partial charge on any atom is -0.368 e. The number of piperazine rings is 1. The van der Waals surface area contributed by atoms with Gasteiger partial charge in [-0.25, -0.2) is 0 Å². The van der Waals surface area contributed by atoms with Gasteiger partial charge in [0.25, 0.3) is 0 Å². The second-order valence-corrected chi connectivity index (χ2v) is 7.46. The van der Waals surface area contributed by atoms with Crippen molar-refractivity contribution in [3.05, 3.63) is 0 Å². The van der Waals surface area contributed by atoms with Gasteiger partial charge in [0.15, 0.2) is 0 Å². The van der Waals surface area contributed by atoms with Crippen LogP contribution in [0.2, 0.25) is 0 Å². The molecule has 120 valence electrons. The van der Waals surface area contributed by atoms with Gasteiger partial charge in [0, 0.05) is 31.2 Å². The minimum absolute atomic E-state index is 0.323. The molecule has 4 unspecified atom stereocenters. The predicted molar refractivity (Wildman–Crippen MR) is 83.7 cm³/mol. The van der Waals surface area contributed by atoms with Crippen molar-refractivity contribution in [2.45, 2.75) is 75.5 Å². The van der Waals surface area contributed by atoms with Crippen LogP contribution in [0.15, 0.2) is 0 Å². The first-order chi connectivity index (χ1) is 9.99. The fourth-order valence-electron chi connectivity index (χ4n) is 4.67. The van der Waals surface area contributed by atoms with Gasteiger partial charge in [0.1, 0.15) is 0 Å². The number of piperidine rings is 1. The van der Waals surface area contributed by atoms with E-state index in [0.717, 1.165) is 38.8 Å². The molecule has 0 bridgehead atoms. The second kappa shape index (κ2) is 5.86. The average molecular weight is 294 g/mol. The molecule has 21 heavy (non-hydrogen) atoms. The Morgan fingerprint density at radius 3 is 2.67 bits per heavy atom. The van der Waals surface area contributed by atoms with Crippen LogP contribution in [-0.4, -0.2) is 59.0 Å². The molecule has 0 radical (unpaired) electrons. The lowest BCUT2D eigenvalue weighted by molar-refractivity contribution is -0.125. The van der Waals surface area contributed by atoms with Crippen LogP contribution in [0.1, 0.15) is 51.9 Å². The minimum atomic E-state index is -0.785. The first-order valence-corrected chi connectivity index (χ1v) is 8.58. The lowest BCUT2D eigenvalue weighted by Gasteiger charge is -2.52. The summed E-state index contributed by atoms with van der Waals surface area (Å²) in [6.07, 6.45) is 7.68. The van der Waals surface area contributed by atoms with Crippen LogP contribution in [0.3, 0.4) is 0 Å². The van der Waals surface area contributed by atoms with E-state index in [0.29, 0.717) is 18.1 Å². The molecule has 0 aromatic rings. The van der Waals surface area contributed by atoms with E-state index < -0.39 is 5.54 Å². The highest BCUT2D eigenvalue weighted by molar-refractivity contribution is 5.84. The number of fused-ring (bicyclic) bond motifs is 1. The van der Waals surface area contributed by atoms with Gasteiger partial charge >= 0.3 is 0 Å². The number of primary amides is 1. The van der Waals surface area contributed by atoms with Gasteiger partial charge < -0.3 is 11.5 Å². The van der Waals surface area contributed by atoms with Gasteiger partial charge in [-0.05, 0) is 52.0 Å². The predicted octanol–water partition coefficient (Wildman–Crippen LogP) is 0.670. The summed E-state index contributed by atoms with van der Waals surface area (Å²) in [6, 6.07) is 1.69. The number of carbonyl (C=O) groups excluding carboxylic acids is 1. The van der Waals surface area contributed by atoms with Gasteiger partial charge in [0.2, 0.25) is 5.91 Å². The molecule has 2 heterocycles. The van der Waals surface area contributed by atoms with Crippen molar-refractivity contribution in [3.8, 4) is 0 Å². The molecule has 4 atom stereocenters. The van der Waals surface area contributed by atoms with E-state index >= 15 is 0 Å². The van der Waals surface area contributed by atoms with Crippen LogP contribution in [0.25, 0.3) is 0 Å². The monoisotopic (exact) mass is 294 g/mol. The highest BCUT2D eigenvalue weighted by Gasteiger charge is 2.43. The molecule has 2 saturated heterocycles. The van der Waals surface area contributed by atoms with Crippen molar-refractivity contribution >= 4 is 5.91 Å². The van der Waals surface area contributed by atoms with Crippen LogP contribution >= 0.6 is 0 Å². The Hall–Kier alpha value is -0.650. The summed E-state index contributed by atoms with van der Waals surface area (Å²) in [7, 11) is 0. The molecule has 0 spiro atoms. The molecule has 3 fully saturated rings. The number of carbonyl (C=O) groups is 1. The summed E-state index contributed by atoms with van der Waals surface area (Å²) in [4.78, 5) is 17.0. The summed E-state index contributed by atoms with van der Waals surface area (Å²) >= 11 is 0. The Balaban J connectivity index is 1.69. The van der Waals surface area contributed by atoms with E-state index in [2.05, 4.69) is 16.7 Å². The Morgan fingerprint density at radius 2 is 1.90 bits per heavy atom. The summed E-state index contributed by atoms with van der Waals surface area (Å²) in [6.45, 7) is 5.88. The number of rotatable bonds is 2. The smallest absolute Gasteiger partial charge is 0.237 e. The molecule has 0 aromatic heterocycles. The molecule has 5 heteroatoms. The van der Waals surface area contributed by atoms with Crippen LogP contribution < -0.4 is 11.5 Å². The topological polar surface area (TPSA) is 75.6 Å². The maximum absolute atomic E-state index is 11.7. The molecular formula is C16H30N4O. The largest absolute Gasteiger partial charge is 0.368 e. The number of nitrogens with zero attached hydrogens (tertiary/aromatic N) is 2. The zero-order valence-corrected chi connectivity index (χ0v) is 13.3. The lowest BCUT2D eigenvalue weighted by Crippen LogP contribution is -2.64. The highest BCUT2D eigenvalue weighted by atomic mass is 16.1. The SMILES string of the molecule is CC1CN2CCCCC2CN1C1CCCC(N)(C(N)=O)C1. The lowest BCUT2D eigenvalue weighted by atomic mass is 9.77. The summed E-state index contributed by atoms with van der Waals surface area (Å²) in [5.74, 6) is -0.323. The van der Waals surface area contributed by atoms with Crippen LogP contribution in [0.4, 0.5) is 0 Å². The van der Waals surface area contributed by atoms with E-state index in [1.807, 2.05) is 0 Å².